The lowest BCUT2D eigenvalue weighted by Gasteiger charge is -2.38. The van der Waals surface area contributed by atoms with E-state index in [9.17, 15) is 4.79 Å². The summed E-state index contributed by atoms with van der Waals surface area (Å²) in [6, 6.07) is 16.8. The maximum Gasteiger partial charge on any atom is 0.258 e. The van der Waals surface area contributed by atoms with Gasteiger partial charge in [0.25, 0.3) is 5.91 Å². The second-order valence-corrected chi connectivity index (χ2v) is 6.80. The third kappa shape index (κ3) is 2.86. The molecule has 1 saturated carbocycles. The number of nitrogens with one attached hydrogen (secondary N) is 1. The molecule has 2 aromatic carbocycles. The normalized spacial score (nSPS) is 19.4. The molecule has 0 radical (unpaired) electrons. The minimum absolute atomic E-state index is 0.0827. The lowest BCUT2D eigenvalue weighted by Crippen LogP contribution is -2.44. The molecule has 0 unspecified atom stereocenters. The monoisotopic (exact) mass is 335 g/mol. The Morgan fingerprint density at radius 2 is 1.72 bits per heavy atom. The highest BCUT2D eigenvalue weighted by atomic mass is 16.2. The fraction of sp³-hybridized carbons (Fsp3) is 0.381. The molecule has 130 valence electrons. The van der Waals surface area contributed by atoms with E-state index in [0.29, 0.717) is 6.04 Å². The molecule has 4 nitrogen and oxygen atoms in total. The van der Waals surface area contributed by atoms with Gasteiger partial charge in [0, 0.05) is 30.5 Å². The summed E-state index contributed by atoms with van der Waals surface area (Å²) in [6.07, 6.45) is 2.12. The molecule has 0 spiro atoms. The van der Waals surface area contributed by atoms with Gasteiger partial charge in [-0.2, -0.15) is 0 Å². The standard InChI is InChI=1S/C21H25N3O/c1-3-23(4-2)16-11-9-15(10-12-16)20-22-19-8-6-5-7-18(19)21(25)24(20)17-13-14-17/h5-12,17,20,22H,3-4,13-14H2,1-2H3/t20-/m0/s1. The van der Waals surface area contributed by atoms with Crippen molar-refractivity contribution in [3.8, 4) is 0 Å². The average molecular weight is 335 g/mol. The average Bonchev–Trinajstić information content (AvgIpc) is 3.48. The molecule has 4 heteroatoms. The molecular weight excluding hydrogens is 310 g/mol. The summed E-state index contributed by atoms with van der Waals surface area (Å²) in [7, 11) is 0. The third-order valence-electron chi connectivity index (χ3n) is 5.24. The topological polar surface area (TPSA) is 35.6 Å². The third-order valence-corrected chi connectivity index (χ3v) is 5.24. The predicted molar refractivity (Wildman–Crippen MR) is 102 cm³/mol. The van der Waals surface area contributed by atoms with Gasteiger partial charge in [-0.25, -0.2) is 0 Å². The molecule has 1 atom stereocenters. The number of hydrogen-bond donors (Lipinski definition) is 1. The Labute approximate surface area is 149 Å². The zero-order valence-electron chi connectivity index (χ0n) is 14.9. The number of fused-ring (bicyclic) bond motifs is 1. The highest BCUT2D eigenvalue weighted by Crippen LogP contribution is 2.40. The van der Waals surface area contributed by atoms with Gasteiger partial charge in [0.05, 0.1) is 5.56 Å². The fourth-order valence-electron chi connectivity index (χ4n) is 3.70. The van der Waals surface area contributed by atoms with Crippen LogP contribution in [0.1, 0.15) is 48.8 Å². The second-order valence-electron chi connectivity index (χ2n) is 6.80. The smallest absolute Gasteiger partial charge is 0.258 e. The maximum absolute atomic E-state index is 13.0. The number of hydrogen-bond acceptors (Lipinski definition) is 3. The molecule has 1 aliphatic heterocycles. The molecule has 2 aliphatic rings. The molecule has 1 aliphatic carbocycles. The van der Waals surface area contributed by atoms with Crippen LogP contribution in [0.5, 0.6) is 0 Å². The second kappa shape index (κ2) is 6.43. The maximum atomic E-state index is 13.0. The minimum Gasteiger partial charge on any atom is -0.372 e. The van der Waals surface area contributed by atoms with E-state index in [-0.39, 0.29) is 12.1 Å². The lowest BCUT2D eigenvalue weighted by atomic mass is 10.0. The molecule has 2 aromatic rings. The van der Waals surface area contributed by atoms with Gasteiger partial charge in [0.15, 0.2) is 0 Å². The van der Waals surface area contributed by atoms with Crippen molar-refractivity contribution < 1.29 is 4.79 Å². The van der Waals surface area contributed by atoms with Crippen molar-refractivity contribution in [3.05, 3.63) is 59.7 Å². The van der Waals surface area contributed by atoms with Gasteiger partial charge >= 0.3 is 0 Å². The number of carbonyl (C=O) groups excluding carboxylic acids is 1. The zero-order chi connectivity index (χ0) is 17.4. The van der Waals surface area contributed by atoms with E-state index in [4.69, 9.17) is 0 Å². The van der Waals surface area contributed by atoms with Crippen LogP contribution in [0.4, 0.5) is 11.4 Å². The largest absolute Gasteiger partial charge is 0.372 e. The number of benzene rings is 2. The van der Waals surface area contributed by atoms with Crippen molar-refractivity contribution in [2.24, 2.45) is 0 Å². The van der Waals surface area contributed by atoms with Crippen LogP contribution >= 0.6 is 0 Å². The number of rotatable bonds is 5. The van der Waals surface area contributed by atoms with E-state index >= 15 is 0 Å². The Hall–Kier alpha value is -2.49. The SMILES string of the molecule is CCN(CC)c1ccc([C@H]2Nc3ccccc3C(=O)N2C2CC2)cc1. The van der Waals surface area contributed by atoms with Crippen LogP contribution in [0.2, 0.25) is 0 Å². The summed E-state index contributed by atoms with van der Waals surface area (Å²) in [6.45, 7) is 6.34. The Kier molecular flexibility index (Phi) is 4.12. The van der Waals surface area contributed by atoms with E-state index < -0.39 is 0 Å². The van der Waals surface area contributed by atoms with Crippen LogP contribution in [0.25, 0.3) is 0 Å². The number of para-hydroxylation sites is 1. The highest BCUT2D eigenvalue weighted by Gasteiger charge is 2.41. The van der Waals surface area contributed by atoms with E-state index in [2.05, 4.69) is 48.3 Å². The van der Waals surface area contributed by atoms with Crippen molar-refractivity contribution in [1.82, 2.24) is 4.90 Å². The van der Waals surface area contributed by atoms with Crippen molar-refractivity contribution in [2.75, 3.05) is 23.3 Å². The summed E-state index contributed by atoms with van der Waals surface area (Å²) < 4.78 is 0. The summed E-state index contributed by atoms with van der Waals surface area (Å²) in [5, 5.41) is 3.58. The first-order valence-corrected chi connectivity index (χ1v) is 9.26. The molecule has 1 amide bonds. The highest BCUT2D eigenvalue weighted by molar-refractivity contribution is 6.02. The zero-order valence-corrected chi connectivity index (χ0v) is 14.9. The Morgan fingerprint density at radius 3 is 2.36 bits per heavy atom. The van der Waals surface area contributed by atoms with Crippen molar-refractivity contribution in [2.45, 2.75) is 38.9 Å². The number of anilines is 2. The number of carbonyl (C=O) groups is 1. The van der Waals surface area contributed by atoms with Crippen LogP contribution in [-0.4, -0.2) is 29.9 Å². The molecule has 25 heavy (non-hydrogen) atoms. The van der Waals surface area contributed by atoms with Crippen LogP contribution in [0.15, 0.2) is 48.5 Å². The van der Waals surface area contributed by atoms with Crippen molar-refractivity contribution >= 4 is 17.3 Å². The van der Waals surface area contributed by atoms with Gasteiger partial charge in [0.1, 0.15) is 6.17 Å². The van der Waals surface area contributed by atoms with Crippen molar-refractivity contribution in [3.63, 3.8) is 0 Å². The van der Waals surface area contributed by atoms with Gasteiger partial charge in [-0.15, -0.1) is 0 Å². The Balaban J connectivity index is 1.67. The molecule has 1 heterocycles. The number of nitrogens with zero attached hydrogens (tertiary/aromatic N) is 2. The van der Waals surface area contributed by atoms with Gasteiger partial charge in [-0.05, 0) is 56.5 Å². The van der Waals surface area contributed by atoms with E-state index in [0.717, 1.165) is 42.7 Å². The van der Waals surface area contributed by atoms with Gasteiger partial charge in [-0.1, -0.05) is 24.3 Å². The minimum atomic E-state index is -0.0827. The van der Waals surface area contributed by atoms with Crippen LogP contribution in [-0.2, 0) is 0 Å². The van der Waals surface area contributed by atoms with Gasteiger partial charge < -0.3 is 15.1 Å². The van der Waals surface area contributed by atoms with Crippen LogP contribution in [0.3, 0.4) is 0 Å². The fourth-order valence-corrected chi connectivity index (χ4v) is 3.70. The summed E-state index contributed by atoms with van der Waals surface area (Å²) >= 11 is 0. The van der Waals surface area contributed by atoms with Gasteiger partial charge in [0.2, 0.25) is 0 Å². The van der Waals surface area contributed by atoms with Crippen molar-refractivity contribution in [1.29, 1.82) is 0 Å². The Bertz CT molecular complexity index is 763. The predicted octanol–water partition coefficient (Wildman–Crippen LogP) is 4.26. The molecule has 0 aromatic heterocycles. The van der Waals surface area contributed by atoms with Crippen LogP contribution in [0, 0.1) is 0 Å². The Morgan fingerprint density at radius 1 is 1.04 bits per heavy atom. The summed E-state index contributed by atoms with van der Waals surface area (Å²) in [4.78, 5) is 17.4. The molecule has 4 rings (SSSR count). The molecule has 1 fully saturated rings. The van der Waals surface area contributed by atoms with E-state index in [1.807, 2.05) is 29.2 Å². The van der Waals surface area contributed by atoms with E-state index in [1.54, 1.807) is 0 Å². The quantitative estimate of drug-likeness (QED) is 0.887. The first-order valence-electron chi connectivity index (χ1n) is 9.26. The molecule has 1 N–H and O–H groups in total. The first-order chi connectivity index (χ1) is 12.2. The number of amides is 1. The summed E-state index contributed by atoms with van der Waals surface area (Å²) in [5.74, 6) is 0.148. The lowest BCUT2D eigenvalue weighted by molar-refractivity contribution is 0.0666. The summed E-state index contributed by atoms with van der Waals surface area (Å²) in [5.41, 5.74) is 4.09. The van der Waals surface area contributed by atoms with Gasteiger partial charge in [-0.3, -0.25) is 4.79 Å². The first kappa shape index (κ1) is 16.0. The molecule has 0 saturated heterocycles. The molecule has 0 bridgehead atoms. The van der Waals surface area contributed by atoms with E-state index in [1.165, 1.54) is 5.69 Å². The molecular formula is C21H25N3O. The van der Waals surface area contributed by atoms with Crippen LogP contribution < -0.4 is 10.2 Å².